The van der Waals surface area contributed by atoms with Gasteiger partial charge in [0.05, 0.1) is 18.0 Å². The highest BCUT2D eigenvalue weighted by atomic mass is 16.5. The van der Waals surface area contributed by atoms with Crippen LogP contribution in [0.1, 0.15) is 12.8 Å². The molecule has 1 unspecified atom stereocenters. The van der Waals surface area contributed by atoms with E-state index >= 15 is 0 Å². The lowest BCUT2D eigenvalue weighted by atomic mass is 10.00. The number of fused-ring (bicyclic) bond motifs is 2. The maximum Gasteiger partial charge on any atom is 0.330 e. The van der Waals surface area contributed by atoms with Gasteiger partial charge < -0.3 is 4.74 Å². The molecule has 1 atom stereocenters. The van der Waals surface area contributed by atoms with Crippen LogP contribution in [0.25, 0.3) is 32.9 Å². The predicted molar refractivity (Wildman–Crippen MR) is 109 cm³/mol. The average Bonchev–Trinajstić information content (AvgIpc) is 3.23. The van der Waals surface area contributed by atoms with Crippen LogP contribution in [-0.4, -0.2) is 27.2 Å². The van der Waals surface area contributed by atoms with Crippen LogP contribution < -0.4 is 11.2 Å². The van der Waals surface area contributed by atoms with Gasteiger partial charge in [-0.1, -0.05) is 36.4 Å². The minimum absolute atomic E-state index is 0.0297. The number of ether oxygens (including phenoxy) is 1. The predicted octanol–water partition coefficient (Wildman–Crippen LogP) is 3.08. The number of hydrogen-bond donors (Lipinski definition) is 1. The fourth-order valence-electron chi connectivity index (χ4n) is 3.96. The molecule has 0 spiro atoms. The van der Waals surface area contributed by atoms with E-state index < -0.39 is 11.2 Å². The molecule has 0 bridgehead atoms. The van der Waals surface area contributed by atoms with Crippen LogP contribution in [0.4, 0.5) is 0 Å². The van der Waals surface area contributed by atoms with Gasteiger partial charge in [0.2, 0.25) is 0 Å². The van der Waals surface area contributed by atoms with E-state index in [0.717, 1.165) is 34.7 Å². The molecule has 2 aromatic heterocycles. The van der Waals surface area contributed by atoms with E-state index in [0.29, 0.717) is 24.2 Å². The summed E-state index contributed by atoms with van der Waals surface area (Å²) in [4.78, 5) is 32.0. The number of nitrogens with one attached hydrogen (secondary N) is 1. The van der Waals surface area contributed by atoms with Crippen LogP contribution >= 0.6 is 0 Å². The molecule has 1 aliphatic rings. The third-order valence-corrected chi connectivity index (χ3v) is 5.35. The first-order valence-electron chi connectivity index (χ1n) is 9.43. The topological polar surface area (TPSA) is 77.0 Å². The van der Waals surface area contributed by atoms with Gasteiger partial charge in [0.1, 0.15) is 5.65 Å². The van der Waals surface area contributed by atoms with E-state index in [1.807, 2.05) is 36.4 Å². The van der Waals surface area contributed by atoms with Crippen molar-refractivity contribution in [2.75, 3.05) is 6.61 Å². The van der Waals surface area contributed by atoms with Crippen LogP contribution in [0.5, 0.6) is 0 Å². The highest BCUT2D eigenvalue weighted by Crippen LogP contribution is 2.28. The Labute approximate surface area is 160 Å². The van der Waals surface area contributed by atoms with Gasteiger partial charge in [-0.05, 0) is 46.9 Å². The molecule has 1 fully saturated rings. The number of rotatable bonds is 3. The third kappa shape index (κ3) is 2.82. The molecule has 6 nitrogen and oxygen atoms in total. The zero-order chi connectivity index (χ0) is 19.1. The van der Waals surface area contributed by atoms with Crippen LogP contribution in [-0.2, 0) is 11.3 Å². The number of aromatic amines is 1. The summed E-state index contributed by atoms with van der Waals surface area (Å²) in [6.45, 7) is 1.09. The number of aromatic nitrogens is 3. The Bertz CT molecular complexity index is 1300. The van der Waals surface area contributed by atoms with Gasteiger partial charge in [0, 0.05) is 12.8 Å². The summed E-state index contributed by atoms with van der Waals surface area (Å²) in [6.07, 6.45) is 3.50. The Kier molecular flexibility index (Phi) is 4.06. The molecule has 5 rings (SSSR count). The van der Waals surface area contributed by atoms with Crippen molar-refractivity contribution in [1.29, 1.82) is 0 Å². The molecule has 1 N–H and O–H groups in total. The molecule has 3 heterocycles. The van der Waals surface area contributed by atoms with Gasteiger partial charge >= 0.3 is 5.69 Å². The van der Waals surface area contributed by atoms with Crippen molar-refractivity contribution in [3.05, 3.63) is 75.6 Å². The zero-order valence-corrected chi connectivity index (χ0v) is 15.2. The first kappa shape index (κ1) is 16.9. The largest absolute Gasteiger partial charge is 0.376 e. The van der Waals surface area contributed by atoms with Gasteiger partial charge in [-0.2, -0.15) is 0 Å². The highest BCUT2D eigenvalue weighted by molar-refractivity contribution is 5.95. The summed E-state index contributed by atoms with van der Waals surface area (Å²) in [5.41, 5.74) is 1.21. The quantitative estimate of drug-likeness (QED) is 0.599. The molecule has 6 heteroatoms. The van der Waals surface area contributed by atoms with E-state index in [9.17, 15) is 9.59 Å². The molecule has 4 aromatic rings. The summed E-state index contributed by atoms with van der Waals surface area (Å²) < 4.78 is 7.20. The number of hydrogen-bond acceptors (Lipinski definition) is 4. The maximum atomic E-state index is 12.7. The molecule has 0 radical (unpaired) electrons. The summed E-state index contributed by atoms with van der Waals surface area (Å²) in [5.74, 6) is 0. The van der Waals surface area contributed by atoms with Crippen LogP contribution in [0.2, 0.25) is 0 Å². The fourth-order valence-corrected chi connectivity index (χ4v) is 3.96. The van der Waals surface area contributed by atoms with Crippen molar-refractivity contribution in [2.24, 2.45) is 0 Å². The summed E-state index contributed by atoms with van der Waals surface area (Å²) in [7, 11) is 0. The molecule has 2 aromatic carbocycles. The molecule has 0 aliphatic carbocycles. The second-order valence-electron chi connectivity index (χ2n) is 7.12. The number of pyridine rings is 1. The normalized spacial score (nSPS) is 16.8. The number of nitrogens with zero attached hydrogens (tertiary/aromatic N) is 2. The van der Waals surface area contributed by atoms with E-state index in [2.05, 4.69) is 22.1 Å². The van der Waals surface area contributed by atoms with Gasteiger partial charge in [0.25, 0.3) is 5.56 Å². The molecule has 0 saturated carbocycles. The molecular formula is C22H19N3O3. The molecule has 140 valence electrons. The van der Waals surface area contributed by atoms with Crippen molar-refractivity contribution in [1.82, 2.24) is 14.5 Å². The Morgan fingerprint density at radius 1 is 1.11 bits per heavy atom. The molecule has 1 aliphatic heterocycles. The van der Waals surface area contributed by atoms with Crippen molar-refractivity contribution in [3.8, 4) is 11.1 Å². The average molecular weight is 373 g/mol. The van der Waals surface area contributed by atoms with Gasteiger partial charge in [0.15, 0.2) is 0 Å². The highest BCUT2D eigenvalue weighted by Gasteiger charge is 2.20. The zero-order valence-electron chi connectivity index (χ0n) is 15.2. The molecule has 28 heavy (non-hydrogen) atoms. The van der Waals surface area contributed by atoms with Crippen LogP contribution in [0.3, 0.4) is 0 Å². The Hall–Kier alpha value is -3.25. The number of H-pyrrole nitrogens is 1. The van der Waals surface area contributed by atoms with Crippen LogP contribution in [0.15, 0.2) is 64.3 Å². The fraction of sp³-hybridized carbons (Fsp3) is 0.227. The van der Waals surface area contributed by atoms with Gasteiger partial charge in [-0.25, -0.2) is 9.78 Å². The smallest absolute Gasteiger partial charge is 0.330 e. The lowest BCUT2D eigenvalue weighted by Gasteiger charge is -2.14. The standard InChI is InChI=1S/C22H19N3O3/c26-21-19-18(16-8-7-14-4-1-2-5-15(14)12-16)9-10-23-20(19)25(22(27)24-21)13-17-6-3-11-28-17/h1-2,4-5,7-10,12,17H,3,6,11,13H2,(H,24,26,27). The van der Waals surface area contributed by atoms with Gasteiger partial charge in [-0.3, -0.25) is 14.3 Å². The Morgan fingerprint density at radius 2 is 1.96 bits per heavy atom. The first-order chi connectivity index (χ1) is 13.7. The monoisotopic (exact) mass is 373 g/mol. The second-order valence-corrected chi connectivity index (χ2v) is 7.12. The van der Waals surface area contributed by atoms with Crippen molar-refractivity contribution in [2.45, 2.75) is 25.5 Å². The van der Waals surface area contributed by atoms with E-state index in [1.54, 1.807) is 6.20 Å². The van der Waals surface area contributed by atoms with E-state index in [4.69, 9.17) is 4.74 Å². The second kappa shape index (κ2) is 6.73. The van der Waals surface area contributed by atoms with Crippen molar-refractivity contribution >= 4 is 21.8 Å². The van der Waals surface area contributed by atoms with Gasteiger partial charge in [-0.15, -0.1) is 0 Å². The van der Waals surface area contributed by atoms with E-state index in [1.165, 1.54) is 4.57 Å². The molecular weight excluding hydrogens is 354 g/mol. The third-order valence-electron chi connectivity index (χ3n) is 5.35. The Balaban J connectivity index is 1.73. The first-order valence-corrected chi connectivity index (χ1v) is 9.43. The molecule has 1 saturated heterocycles. The lowest BCUT2D eigenvalue weighted by Crippen LogP contribution is -2.34. The Morgan fingerprint density at radius 3 is 2.79 bits per heavy atom. The summed E-state index contributed by atoms with van der Waals surface area (Å²) in [5, 5.41) is 2.65. The van der Waals surface area contributed by atoms with Crippen molar-refractivity contribution < 1.29 is 4.74 Å². The number of benzene rings is 2. The summed E-state index contributed by atoms with van der Waals surface area (Å²) >= 11 is 0. The minimum Gasteiger partial charge on any atom is -0.376 e. The lowest BCUT2D eigenvalue weighted by molar-refractivity contribution is 0.0967. The minimum atomic E-state index is -0.448. The maximum absolute atomic E-state index is 12.7. The van der Waals surface area contributed by atoms with Crippen molar-refractivity contribution in [3.63, 3.8) is 0 Å². The summed E-state index contributed by atoms with van der Waals surface area (Å²) in [6, 6.07) is 16.0. The SMILES string of the molecule is O=c1[nH]c(=O)n(CC2CCCO2)c2nccc(-c3ccc4ccccc4c3)c12. The van der Waals surface area contributed by atoms with Crippen LogP contribution in [0, 0.1) is 0 Å². The molecule has 0 amide bonds. The van der Waals surface area contributed by atoms with E-state index in [-0.39, 0.29) is 6.10 Å².